The highest BCUT2D eigenvalue weighted by Gasteiger charge is 2.22. The van der Waals surface area contributed by atoms with Crippen LogP contribution in [0.4, 0.5) is 10.1 Å². The van der Waals surface area contributed by atoms with E-state index in [9.17, 15) is 9.18 Å². The van der Waals surface area contributed by atoms with Gasteiger partial charge in [0.1, 0.15) is 18.1 Å². The summed E-state index contributed by atoms with van der Waals surface area (Å²) in [5.41, 5.74) is 1.60. The van der Waals surface area contributed by atoms with E-state index in [1.807, 2.05) is 45.2 Å². The number of quaternary nitrogens is 1. The molecule has 0 aliphatic carbocycles. The molecular formula is C19H24FN2O2+. The first kappa shape index (κ1) is 17.9. The number of anilines is 1. The van der Waals surface area contributed by atoms with Crippen LogP contribution in [0.1, 0.15) is 19.4 Å². The van der Waals surface area contributed by atoms with Gasteiger partial charge in [0.05, 0.1) is 13.7 Å². The molecule has 2 N–H and O–H groups in total. The molecule has 0 aliphatic heterocycles. The molecule has 24 heavy (non-hydrogen) atoms. The maximum atomic E-state index is 13.2. The maximum absolute atomic E-state index is 13.2. The van der Waals surface area contributed by atoms with Crippen LogP contribution in [0.3, 0.4) is 0 Å². The van der Waals surface area contributed by atoms with Crippen molar-refractivity contribution in [2.75, 3.05) is 19.0 Å². The molecule has 2 rings (SSSR count). The van der Waals surface area contributed by atoms with Crippen LogP contribution in [0.2, 0.25) is 0 Å². The van der Waals surface area contributed by atoms with Gasteiger partial charge in [-0.05, 0) is 56.3 Å². The Morgan fingerprint density at radius 1 is 1.25 bits per heavy atom. The largest absolute Gasteiger partial charge is 0.494 e. The average Bonchev–Trinajstić information content (AvgIpc) is 2.56. The Morgan fingerprint density at radius 3 is 2.58 bits per heavy atom. The van der Waals surface area contributed by atoms with Crippen molar-refractivity contribution in [2.45, 2.75) is 26.4 Å². The second-order valence-electron chi connectivity index (χ2n) is 5.82. The number of carbonyl (C=O) groups excluding carboxylic acids is 1. The van der Waals surface area contributed by atoms with Gasteiger partial charge in [0.15, 0.2) is 6.04 Å². The lowest BCUT2D eigenvalue weighted by molar-refractivity contribution is -0.907. The van der Waals surface area contributed by atoms with Gasteiger partial charge in [-0.1, -0.05) is 6.07 Å². The number of ether oxygens (including phenoxy) is 1. The summed E-state index contributed by atoms with van der Waals surface area (Å²) in [6, 6.07) is 13.5. The van der Waals surface area contributed by atoms with Crippen molar-refractivity contribution < 1.29 is 18.8 Å². The minimum atomic E-state index is -0.365. The normalized spacial score (nSPS) is 13.2. The number of halogens is 1. The third-order valence-electron chi connectivity index (χ3n) is 3.94. The summed E-state index contributed by atoms with van der Waals surface area (Å²) in [5.74, 6) is 0.343. The average molecular weight is 331 g/mol. The van der Waals surface area contributed by atoms with Crippen molar-refractivity contribution in [1.82, 2.24) is 0 Å². The van der Waals surface area contributed by atoms with Crippen molar-refractivity contribution in [1.29, 1.82) is 0 Å². The number of hydrogen-bond acceptors (Lipinski definition) is 2. The van der Waals surface area contributed by atoms with Crippen LogP contribution >= 0.6 is 0 Å². The standard InChI is InChI=1S/C19H23FN2O2/c1-4-24-18-10-8-15(9-11-18)13-22(3)14(2)19(23)21-17-7-5-6-16(20)12-17/h5-12,14H,4,13H2,1-3H3,(H,21,23)/p+1/t14-/m1/s1. The molecule has 0 heterocycles. The van der Waals surface area contributed by atoms with E-state index >= 15 is 0 Å². The SMILES string of the molecule is CCOc1ccc(C[NH+](C)[C@H](C)C(=O)Nc2cccc(F)c2)cc1. The summed E-state index contributed by atoms with van der Waals surface area (Å²) >= 11 is 0. The lowest BCUT2D eigenvalue weighted by atomic mass is 10.1. The molecule has 2 aromatic carbocycles. The summed E-state index contributed by atoms with van der Waals surface area (Å²) < 4.78 is 18.6. The first-order valence-electron chi connectivity index (χ1n) is 8.10. The zero-order valence-corrected chi connectivity index (χ0v) is 14.3. The molecule has 0 saturated heterocycles. The Morgan fingerprint density at radius 2 is 1.96 bits per heavy atom. The lowest BCUT2D eigenvalue weighted by Gasteiger charge is -2.21. The first-order valence-corrected chi connectivity index (χ1v) is 8.10. The Hall–Kier alpha value is -2.40. The second kappa shape index (κ2) is 8.45. The molecule has 5 heteroatoms. The number of carbonyl (C=O) groups is 1. The van der Waals surface area contributed by atoms with E-state index in [-0.39, 0.29) is 17.8 Å². The Labute approximate surface area is 142 Å². The molecule has 1 amide bonds. The highest BCUT2D eigenvalue weighted by molar-refractivity contribution is 5.93. The zero-order valence-electron chi connectivity index (χ0n) is 14.3. The van der Waals surface area contributed by atoms with Gasteiger partial charge >= 0.3 is 0 Å². The predicted octanol–water partition coefficient (Wildman–Crippen LogP) is 2.27. The van der Waals surface area contributed by atoms with Crippen LogP contribution in [0.25, 0.3) is 0 Å². The molecule has 0 radical (unpaired) electrons. The fourth-order valence-corrected chi connectivity index (χ4v) is 2.39. The van der Waals surface area contributed by atoms with Crippen molar-refractivity contribution in [2.24, 2.45) is 0 Å². The molecular weight excluding hydrogens is 307 g/mol. The van der Waals surface area contributed by atoms with Gasteiger partial charge in [-0.25, -0.2) is 4.39 Å². The fraction of sp³-hybridized carbons (Fsp3) is 0.316. The molecule has 2 atom stereocenters. The van der Waals surface area contributed by atoms with Gasteiger partial charge in [0.2, 0.25) is 0 Å². The summed E-state index contributed by atoms with van der Waals surface area (Å²) in [6.07, 6.45) is 0. The first-order chi connectivity index (χ1) is 11.5. The predicted molar refractivity (Wildman–Crippen MR) is 92.7 cm³/mol. The Balaban J connectivity index is 1.93. The summed E-state index contributed by atoms with van der Waals surface area (Å²) in [7, 11) is 1.96. The van der Waals surface area contributed by atoms with Gasteiger partial charge in [0.25, 0.3) is 5.91 Å². The summed E-state index contributed by atoms with van der Waals surface area (Å²) in [4.78, 5) is 13.4. The van der Waals surface area contributed by atoms with Gasteiger partial charge in [0, 0.05) is 11.3 Å². The van der Waals surface area contributed by atoms with Crippen LogP contribution in [0.15, 0.2) is 48.5 Å². The number of likely N-dealkylation sites (N-methyl/N-ethyl adjacent to an activating group) is 1. The van der Waals surface area contributed by atoms with Gasteiger partial charge in [-0.15, -0.1) is 0 Å². The van der Waals surface area contributed by atoms with E-state index in [0.29, 0.717) is 18.8 Å². The van der Waals surface area contributed by atoms with Crippen molar-refractivity contribution >= 4 is 11.6 Å². The number of benzene rings is 2. The molecule has 0 spiro atoms. The van der Waals surface area contributed by atoms with Crippen LogP contribution < -0.4 is 15.0 Å². The molecule has 2 aromatic rings. The van der Waals surface area contributed by atoms with Crippen molar-refractivity contribution in [3.05, 3.63) is 59.9 Å². The van der Waals surface area contributed by atoms with E-state index in [2.05, 4.69) is 5.32 Å². The molecule has 4 nitrogen and oxygen atoms in total. The lowest BCUT2D eigenvalue weighted by Crippen LogP contribution is -3.12. The van der Waals surface area contributed by atoms with E-state index in [1.165, 1.54) is 12.1 Å². The van der Waals surface area contributed by atoms with E-state index < -0.39 is 0 Å². The quantitative estimate of drug-likeness (QED) is 0.817. The molecule has 128 valence electrons. The Kier molecular flexibility index (Phi) is 6.32. The summed E-state index contributed by atoms with van der Waals surface area (Å²) in [6.45, 7) is 5.16. The molecule has 0 aromatic heterocycles. The van der Waals surface area contributed by atoms with Crippen LogP contribution in [0, 0.1) is 5.82 Å². The number of hydrogen-bond donors (Lipinski definition) is 2. The third-order valence-corrected chi connectivity index (χ3v) is 3.94. The van der Waals surface area contributed by atoms with Gasteiger partial charge in [-0.3, -0.25) is 4.79 Å². The molecule has 1 unspecified atom stereocenters. The van der Waals surface area contributed by atoms with Crippen LogP contribution in [0.5, 0.6) is 5.75 Å². The highest BCUT2D eigenvalue weighted by Crippen LogP contribution is 2.12. The van der Waals surface area contributed by atoms with Gasteiger partial charge < -0.3 is 15.0 Å². The van der Waals surface area contributed by atoms with Crippen molar-refractivity contribution in [3.63, 3.8) is 0 Å². The number of nitrogens with one attached hydrogen (secondary N) is 2. The molecule has 0 bridgehead atoms. The smallest absolute Gasteiger partial charge is 0.282 e. The van der Waals surface area contributed by atoms with Crippen LogP contribution in [-0.4, -0.2) is 25.6 Å². The van der Waals surface area contributed by atoms with Crippen molar-refractivity contribution in [3.8, 4) is 5.75 Å². The minimum absolute atomic E-state index is 0.135. The fourth-order valence-electron chi connectivity index (χ4n) is 2.39. The van der Waals surface area contributed by atoms with E-state index in [4.69, 9.17) is 4.74 Å². The van der Waals surface area contributed by atoms with E-state index in [1.54, 1.807) is 12.1 Å². The minimum Gasteiger partial charge on any atom is -0.494 e. The third kappa shape index (κ3) is 5.06. The Bertz CT molecular complexity index is 673. The number of rotatable bonds is 7. The highest BCUT2D eigenvalue weighted by atomic mass is 19.1. The van der Waals surface area contributed by atoms with Crippen LogP contribution in [-0.2, 0) is 11.3 Å². The maximum Gasteiger partial charge on any atom is 0.282 e. The summed E-state index contributed by atoms with van der Waals surface area (Å²) in [5, 5.41) is 2.76. The number of amides is 1. The topological polar surface area (TPSA) is 42.8 Å². The zero-order chi connectivity index (χ0) is 17.5. The second-order valence-corrected chi connectivity index (χ2v) is 5.82. The van der Waals surface area contributed by atoms with E-state index in [0.717, 1.165) is 16.2 Å². The van der Waals surface area contributed by atoms with Gasteiger partial charge in [-0.2, -0.15) is 0 Å². The monoisotopic (exact) mass is 331 g/mol. The molecule has 0 aliphatic rings. The molecule has 0 fully saturated rings. The molecule has 0 saturated carbocycles.